The van der Waals surface area contributed by atoms with E-state index in [4.69, 9.17) is 9.47 Å². The Morgan fingerprint density at radius 2 is 2.05 bits per heavy atom. The minimum atomic E-state index is 0.0955. The minimum absolute atomic E-state index is 0.0955. The van der Waals surface area contributed by atoms with Crippen LogP contribution in [0.3, 0.4) is 0 Å². The monoisotopic (exact) mass is 274 g/mol. The molecule has 1 amide bonds. The van der Waals surface area contributed by atoms with Crippen LogP contribution in [0.5, 0.6) is 11.5 Å². The summed E-state index contributed by atoms with van der Waals surface area (Å²) in [5.74, 6) is 2.13. The molecule has 3 heterocycles. The van der Waals surface area contributed by atoms with Crippen LogP contribution in [-0.2, 0) is 0 Å². The molecule has 1 N–H and O–H groups in total. The summed E-state index contributed by atoms with van der Waals surface area (Å²) in [6.07, 6.45) is 1.18. The van der Waals surface area contributed by atoms with Crippen molar-refractivity contribution < 1.29 is 14.3 Å². The number of nitrogens with zero attached hydrogens (tertiary/aromatic N) is 1. The van der Waals surface area contributed by atoms with Gasteiger partial charge in [0.05, 0.1) is 0 Å². The molecule has 2 fully saturated rings. The fraction of sp³-hybridized carbons (Fsp3) is 0.533. The van der Waals surface area contributed by atoms with Crippen molar-refractivity contribution in [1.82, 2.24) is 10.2 Å². The van der Waals surface area contributed by atoms with E-state index in [-0.39, 0.29) is 5.91 Å². The zero-order valence-electron chi connectivity index (χ0n) is 11.3. The van der Waals surface area contributed by atoms with Gasteiger partial charge in [0, 0.05) is 24.7 Å². The third kappa shape index (κ3) is 1.93. The van der Waals surface area contributed by atoms with Crippen molar-refractivity contribution in [3.63, 3.8) is 0 Å². The van der Waals surface area contributed by atoms with Crippen molar-refractivity contribution in [2.45, 2.75) is 12.5 Å². The second-order valence-electron chi connectivity index (χ2n) is 5.68. The van der Waals surface area contributed by atoms with Crippen LogP contribution in [-0.4, -0.2) is 49.7 Å². The molecule has 1 aromatic carbocycles. The van der Waals surface area contributed by atoms with Gasteiger partial charge in [0.1, 0.15) is 13.2 Å². The maximum Gasteiger partial charge on any atom is 0.254 e. The number of fused-ring (bicyclic) bond motifs is 2. The van der Waals surface area contributed by atoms with Crippen molar-refractivity contribution in [2.24, 2.45) is 5.92 Å². The first-order chi connectivity index (χ1) is 9.81. The summed E-state index contributed by atoms with van der Waals surface area (Å²) in [5.41, 5.74) is 0.689. The number of benzene rings is 1. The summed E-state index contributed by atoms with van der Waals surface area (Å²) in [4.78, 5) is 14.5. The topological polar surface area (TPSA) is 50.8 Å². The Morgan fingerprint density at radius 1 is 1.20 bits per heavy atom. The van der Waals surface area contributed by atoms with Crippen molar-refractivity contribution in [2.75, 3.05) is 32.8 Å². The van der Waals surface area contributed by atoms with Gasteiger partial charge in [-0.05, 0) is 37.1 Å². The third-order valence-electron chi connectivity index (χ3n) is 4.44. The maximum absolute atomic E-state index is 12.6. The molecule has 2 saturated heterocycles. The molecule has 5 heteroatoms. The van der Waals surface area contributed by atoms with Gasteiger partial charge in [0.2, 0.25) is 0 Å². The highest BCUT2D eigenvalue weighted by Gasteiger charge is 2.38. The van der Waals surface area contributed by atoms with Gasteiger partial charge in [-0.15, -0.1) is 0 Å². The zero-order chi connectivity index (χ0) is 13.5. The maximum atomic E-state index is 12.6. The molecule has 0 aliphatic carbocycles. The van der Waals surface area contributed by atoms with Crippen LogP contribution < -0.4 is 14.8 Å². The molecule has 2 atom stereocenters. The number of amides is 1. The Balaban J connectivity index is 1.54. The molecule has 0 aromatic heterocycles. The largest absolute Gasteiger partial charge is 0.486 e. The van der Waals surface area contributed by atoms with Crippen LogP contribution in [0.1, 0.15) is 16.8 Å². The molecular weight excluding hydrogens is 256 g/mol. The molecule has 5 nitrogen and oxygen atoms in total. The number of carbonyl (C=O) groups excluding carboxylic acids is 1. The Bertz CT molecular complexity index is 534. The van der Waals surface area contributed by atoms with Crippen LogP contribution in [0, 0.1) is 5.92 Å². The highest BCUT2D eigenvalue weighted by atomic mass is 16.6. The van der Waals surface area contributed by atoms with Crippen molar-refractivity contribution in [3.05, 3.63) is 23.8 Å². The Hall–Kier alpha value is -1.75. The van der Waals surface area contributed by atoms with Gasteiger partial charge in [-0.2, -0.15) is 0 Å². The third-order valence-corrected chi connectivity index (χ3v) is 4.44. The average Bonchev–Trinajstić information content (AvgIpc) is 3.07. The van der Waals surface area contributed by atoms with Crippen LogP contribution in [0.2, 0.25) is 0 Å². The molecule has 0 bridgehead atoms. The molecule has 3 aliphatic rings. The predicted molar refractivity (Wildman–Crippen MR) is 73.2 cm³/mol. The molecule has 1 aromatic rings. The number of ether oxygens (including phenoxy) is 2. The summed E-state index contributed by atoms with van der Waals surface area (Å²) in [5, 5.41) is 3.47. The van der Waals surface area contributed by atoms with Gasteiger partial charge in [0.25, 0.3) is 5.91 Å². The van der Waals surface area contributed by atoms with Gasteiger partial charge in [0.15, 0.2) is 11.5 Å². The molecule has 0 unspecified atom stereocenters. The Kier molecular flexibility index (Phi) is 2.80. The van der Waals surface area contributed by atoms with E-state index in [1.54, 1.807) is 6.07 Å². The second kappa shape index (κ2) is 4.66. The number of rotatable bonds is 1. The first kappa shape index (κ1) is 12.0. The normalized spacial score (nSPS) is 27.5. The first-order valence-electron chi connectivity index (χ1n) is 7.23. The number of hydrogen-bond acceptors (Lipinski definition) is 4. The first-order valence-corrected chi connectivity index (χ1v) is 7.23. The molecule has 0 radical (unpaired) electrons. The highest BCUT2D eigenvalue weighted by molar-refractivity contribution is 5.95. The van der Waals surface area contributed by atoms with E-state index >= 15 is 0 Å². The molecule has 0 saturated carbocycles. The van der Waals surface area contributed by atoms with E-state index in [1.807, 2.05) is 17.0 Å². The van der Waals surface area contributed by atoms with Crippen molar-refractivity contribution >= 4 is 5.91 Å². The lowest BCUT2D eigenvalue weighted by Crippen LogP contribution is -2.34. The summed E-state index contributed by atoms with van der Waals surface area (Å²) in [6, 6.07) is 5.95. The Morgan fingerprint density at radius 3 is 2.90 bits per heavy atom. The van der Waals surface area contributed by atoms with Crippen molar-refractivity contribution in [1.29, 1.82) is 0 Å². The van der Waals surface area contributed by atoms with Gasteiger partial charge in [-0.3, -0.25) is 4.79 Å². The summed E-state index contributed by atoms with van der Waals surface area (Å²) in [6.45, 7) is 3.88. The Labute approximate surface area is 117 Å². The molecule has 0 spiro atoms. The van der Waals surface area contributed by atoms with E-state index in [2.05, 4.69) is 5.32 Å². The van der Waals surface area contributed by atoms with Crippen molar-refractivity contribution in [3.8, 4) is 11.5 Å². The summed E-state index contributed by atoms with van der Waals surface area (Å²) >= 11 is 0. The lowest BCUT2D eigenvalue weighted by Gasteiger charge is -2.21. The van der Waals surface area contributed by atoms with Crippen LogP contribution in [0.25, 0.3) is 0 Å². The van der Waals surface area contributed by atoms with E-state index in [1.165, 1.54) is 6.42 Å². The standard InChI is InChI=1S/C15H18N2O3/c18-15(17-8-11-3-4-16-12(11)9-17)10-1-2-13-14(7-10)20-6-5-19-13/h1-2,7,11-12,16H,3-6,8-9H2/t11-,12+/m0/s1. The smallest absolute Gasteiger partial charge is 0.254 e. The van der Waals surface area contributed by atoms with Crippen LogP contribution in [0.15, 0.2) is 18.2 Å². The van der Waals surface area contributed by atoms with Gasteiger partial charge >= 0.3 is 0 Å². The molecule has 4 rings (SSSR count). The summed E-state index contributed by atoms with van der Waals surface area (Å²) in [7, 11) is 0. The average molecular weight is 274 g/mol. The van der Waals surface area contributed by atoms with Crippen LogP contribution in [0.4, 0.5) is 0 Å². The minimum Gasteiger partial charge on any atom is -0.486 e. The number of hydrogen-bond donors (Lipinski definition) is 1. The summed E-state index contributed by atoms with van der Waals surface area (Å²) < 4.78 is 11.0. The van der Waals surface area contributed by atoms with E-state index in [0.29, 0.717) is 36.5 Å². The number of likely N-dealkylation sites (tertiary alicyclic amines) is 1. The fourth-order valence-electron chi connectivity index (χ4n) is 3.37. The molecular formula is C15H18N2O3. The lowest BCUT2D eigenvalue weighted by atomic mass is 10.1. The predicted octanol–water partition coefficient (Wildman–Crippen LogP) is 0.892. The molecule has 20 heavy (non-hydrogen) atoms. The lowest BCUT2D eigenvalue weighted by molar-refractivity contribution is 0.0781. The second-order valence-corrected chi connectivity index (χ2v) is 5.68. The number of carbonyl (C=O) groups is 1. The highest BCUT2D eigenvalue weighted by Crippen LogP contribution is 2.32. The molecule has 3 aliphatic heterocycles. The van der Waals surface area contributed by atoms with E-state index in [0.717, 1.165) is 25.4 Å². The fourth-order valence-corrected chi connectivity index (χ4v) is 3.37. The SMILES string of the molecule is O=C(c1ccc2c(c1)OCCO2)N1C[C@@H]2CCN[C@@H]2C1. The van der Waals surface area contributed by atoms with Gasteiger partial charge in [-0.1, -0.05) is 0 Å². The number of nitrogens with one attached hydrogen (secondary N) is 1. The van der Waals surface area contributed by atoms with Crippen LogP contribution >= 0.6 is 0 Å². The van der Waals surface area contributed by atoms with E-state index in [9.17, 15) is 4.79 Å². The van der Waals surface area contributed by atoms with Gasteiger partial charge in [-0.25, -0.2) is 0 Å². The molecule has 106 valence electrons. The van der Waals surface area contributed by atoms with E-state index < -0.39 is 0 Å². The van der Waals surface area contributed by atoms with Gasteiger partial charge < -0.3 is 19.7 Å². The zero-order valence-corrected chi connectivity index (χ0v) is 11.3. The quantitative estimate of drug-likeness (QED) is 0.826.